The van der Waals surface area contributed by atoms with E-state index in [2.05, 4.69) is 57.3 Å². The number of nitrogens with one attached hydrogen (secondary N) is 1. The van der Waals surface area contributed by atoms with E-state index in [1.54, 1.807) is 0 Å². The lowest BCUT2D eigenvalue weighted by molar-refractivity contribution is 0.480. The second-order valence-corrected chi connectivity index (χ2v) is 5.22. The molecule has 1 unspecified atom stereocenters. The number of nitrogens with zero attached hydrogens (tertiary/aromatic N) is 2. The third kappa shape index (κ3) is 2.80. The summed E-state index contributed by atoms with van der Waals surface area (Å²) in [4.78, 5) is 2.32. The van der Waals surface area contributed by atoms with Gasteiger partial charge in [-0.05, 0) is 40.5 Å². The summed E-state index contributed by atoms with van der Waals surface area (Å²) in [5.74, 6) is 0. The molecule has 0 aromatic heterocycles. The predicted octanol–water partition coefficient (Wildman–Crippen LogP) is 2.45. The van der Waals surface area contributed by atoms with E-state index in [-0.39, 0.29) is 6.04 Å². The molecule has 1 heterocycles. The van der Waals surface area contributed by atoms with Crippen molar-refractivity contribution < 1.29 is 0 Å². The van der Waals surface area contributed by atoms with Crippen LogP contribution in [0.1, 0.15) is 12.0 Å². The quantitative estimate of drug-likeness (QED) is 0.910. The van der Waals surface area contributed by atoms with Crippen LogP contribution in [0.15, 0.2) is 22.7 Å². The Morgan fingerprint density at radius 2 is 2.41 bits per heavy atom. The van der Waals surface area contributed by atoms with Gasteiger partial charge in [0.2, 0.25) is 0 Å². The van der Waals surface area contributed by atoms with Gasteiger partial charge in [-0.1, -0.05) is 6.07 Å². The van der Waals surface area contributed by atoms with E-state index in [1.807, 2.05) is 0 Å². The lowest BCUT2D eigenvalue weighted by Crippen LogP contribution is -2.51. The lowest BCUT2D eigenvalue weighted by Gasteiger charge is -2.37. The van der Waals surface area contributed by atoms with Gasteiger partial charge in [0, 0.05) is 24.1 Å². The molecule has 1 aliphatic rings. The van der Waals surface area contributed by atoms with Crippen LogP contribution in [0.25, 0.3) is 0 Å². The summed E-state index contributed by atoms with van der Waals surface area (Å²) in [6.45, 7) is 4.89. The number of piperazine rings is 1. The number of halogens is 1. The predicted molar refractivity (Wildman–Crippen MR) is 73.1 cm³/mol. The van der Waals surface area contributed by atoms with Crippen LogP contribution in [0.4, 0.5) is 5.69 Å². The largest absolute Gasteiger partial charge is 0.364 e. The molecule has 4 heteroatoms. The molecule has 1 aromatic rings. The summed E-state index contributed by atoms with van der Waals surface area (Å²) in [6.07, 6.45) is 0.563. The van der Waals surface area contributed by atoms with Crippen molar-refractivity contribution >= 4 is 21.6 Å². The number of hydrogen-bond acceptors (Lipinski definition) is 3. The number of rotatable bonds is 2. The van der Waals surface area contributed by atoms with E-state index in [9.17, 15) is 0 Å². The fourth-order valence-electron chi connectivity index (χ4n) is 2.21. The zero-order chi connectivity index (χ0) is 12.3. The number of anilines is 1. The molecule has 1 aliphatic heterocycles. The van der Waals surface area contributed by atoms with Gasteiger partial charge in [-0.3, -0.25) is 0 Å². The van der Waals surface area contributed by atoms with Crippen molar-refractivity contribution in [3.05, 3.63) is 28.2 Å². The van der Waals surface area contributed by atoms with Crippen LogP contribution in [-0.2, 0) is 0 Å². The average molecular weight is 294 g/mol. The first-order valence-electron chi connectivity index (χ1n) is 5.83. The maximum Gasteiger partial charge on any atom is 0.0643 e. The van der Waals surface area contributed by atoms with E-state index < -0.39 is 0 Å². The van der Waals surface area contributed by atoms with Gasteiger partial charge in [0.1, 0.15) is 0 Å². The number of hydrogen-bond donors (Lipinski definition) is 1. The number of nitriles is 1. The molecule has 0 saturated carbocycles. The second-order valence-electron chi connectivity index (χ2n) is 4.37. The van der Waals surface area contributed by atoms with Gasteiger partial charge < -0.3 is 10.2 Å². The SMILES string of the molecule is Cc1ccc(N2CCNCC2CC#N)c(Br)c1. The van der Waals surface area contributed by atoms with E-state index >= 15 is 0 Å². The molecule has 0 radical (unpaired) electrons. The smallest absolute Gasteiger partial charge is 0.0643 e. The standard InChI is InChI=1S/C13H16BrN3/c1-10-2-3-13(12(14)8-10)17-7-6-16-9-11(17)4-5-15/h2-3,8,11,16H,4,6-7,9H2,1H3. The Balaban J connectivity index is 2.26. The Labute approximate surface area is 111 Å². The molecule has 90 valence electrons. The minimum atomic E-state index is 0.271. The van der Waals surface area contributed by atoms with Crippen LogP contribution in [0, 0.1) is 18.3 Å². The van der Waals surface area contributed by atoms with Crippen molar-refractivity contribution in [2.24, 2.45) is 0 Å². The number of aryl methyl sites for hydroxylation is 1. The van der Waals surface area contributed by atoms with Gasteiger partial charge in [0.25, 0.3) is 0 Å². The Bertz CT molecular complexity index is 439. The van der Waals surface area contributed by atoms with Crippen LogP contribution in [0.2, 0.25) is 0 Å². The molecule has 0 amide bonds. The molecular formula is C13H16BrN3. The van der Waals surface area contributed by atoms with Gasteiger partial charge in [-0.15, -0.1) is 0 Å². The summed E-state index contributed by atoms with van der Waals surface area (Å²) in [5.41, 5.74) is 2.44. The van der Waals surface area contributed by atoms with Crippen molar-refractivity contribution in [3.8, 4) is 6.07 Å². The molecule has 2 rings (SSSR count). The van der Waals surface area contributed by atoms with Gasteiger partial charge in [0.05, 0.1) is 24.2 Å². The molecule has 1 aromatic carbocycles. The molecule has 0 spiro atoms. The van der Waals surface area contributed by atoms with E-state index in [4.69, 9.17) is 5.26 Å². The fourth-order valence-corrected chi connectivity index (χ4v) is 2.93. The van der Waals surface area contributed by atoms with Crippen molar-refractivity contribution in [1.82, 2.24) is 5.32 Å². The first kappa shape index (κ1) is 12.4. The second kappa shape index (κ2) is 5.52. The van der Waals surface area contributed by atoms with E-state index in [0.29, 0.717) is 6.42 Å². The van der Waals surface area contributed by atoms with Crippen molar-refractivity contribution in [2.75, 3.05) is 24.5 Å². The molecule has 1 saturated heterocycles. The maximum absolute atomic E-state index is 8.88. The average Bonchev–Trinajstić information content (AvgIpc) is 2.31. The molecule has 17 heavy (non-hydrogen) atoms. The normalized spacial score (nSPS) is 20.1. The summed E-state index contributed by atoms with van der Waals surface area (Å²) in [7, 11) is 0. The van der Waals surface area contributed by atoms with Gasteiger partial charge in [-0.2, -0.15) is 5.26 Å². The van der Waals surface area contributed by atoms with Crippen LogP contribution in [0.3, 0.4) is 0 Å². The van der Waals surface area contributed by atoms with Gasteiger partial charge in [0.15, 0.2) is 0 Å². The van der Waals surface area contributed by atoms with Crippen molar-refractivity contribution in [1.29, 1.82) is 5.26 Å². The van der Waals surface area contributed by atoms with E-state index in [1.165, 1.54) is 11.3 Å². The molecule has 3 nitrogen and oxygen atoms in total. The maximum atomic E-state index is 8.88. The summed E-state index contributed by atoms with van der Waals surface area (Å²) >= 11 is 3.62. The highest BCUT2D eigenvalue weighted by Crippen LogP contribution is 2.29. The Kier molecular flexibility index (Phi) is 4.03. The first-order valence-corrected chi connectivity index (χ1v) is 6.62. The molecule has 0 aliphatic carbocycles. The molecule has 0 bridgehead atoms. The zero-order valence-electron chi connectivity index (χ0n) is 9.91. The van der Waals surface area contributed by atoms with Crippen molar-refractivity contribution in [2.45, 2.75) is 19.4 Å². The fraction of sp³-hybridized carbons (Fsp3) is 0.462. The summed E-state index contributed by atoms with van der Waals surface area (Å²) in [5, 5.41) is 12.2. The third-order valence-electron chi connectivity index (χ3n) is 3.09. The minimum Gasteiger partial charge on any atom is -0.364 e. The van der Waals surface area contributed by atoms with Crippen LogP contribution in [0.5, 0.6) is 0 Å². The highest BCUT2D eigenvalue weighted by molar-refractivity contribution is 9.10. The van der Waals surface area contributed by atoms with E-state index in [0.717, 1.165) is 24.1 Å². The minimum absolute atomic E-state index is 0.271. The highest BCUT2D eigenvalue weighted by Gasteiger charge is 2.23. The first-order chi connectivity index (χ1) is 8.22. The van der Waals surface area contributed by atoms with Crippen molar-refractivity contribution in [3.63, 3.8) is 0 Å². The molecule has 1 fully saturated rings. The zero-order valence-corrected chi connectivity index (χ0v) is 11.5. The van der Waals surface area contributed by atoms with Gasteiger partial charge in [-0.25, -0.2) is 0 Å². The van der Waals surface area contributed by atoms with Gasteiger partial charge >= 0.3 is 0 Å². The summed E-state index contributed by atoms with van der Waals surface area (Å²) < 4.78 is 1.11. The Hall–Kier alpha value is -1.05. The molecule has 1 atom stereocenters. The summed E-state index contributed by atoms with van der Waals surface area (Å²) in [6, 6.07) is 8.92. The van der Waals surface area contributed by atoms with Crippen LogP contribution in [-0.4, -0.2) is 25.7 Å². The molecule has 1 N–H and O–H groups in total. The van der Waals surface area contributed by atoms with Crippen LogP contribution >= 0.6 is 15.9 Å². The number of benzene rings is 1. The molecular weight excluding hydrogens is 278 g/mol. The lowest BCUT2D eigenvalue weighted by atomic mass is 10.1. The highest BCUT2D eigenvalue weighted by atomic mass is 79.9. The van der Waals surface area contributed by atoms with Crippen LogP contribution < -0.4 is 10.2 Å². The third-order valence-corrected chi connectivity index (χ3v) is 3.72. The Morgan fingerprint density at radius 1 is 1.59 bits per heavy atom. The topological polar surface area (TPSA) is 39.1 Å². The Morgan fingerprint density at radius 3 is 3.12 bits per heavy atom. The monoisotopic (exact) mass is 293 g/mol.